The predicted octanol–water partition coefficient (Wildman–Crippen LogP) is 2.47. The van der Waals surface area contributed by atoms with Crippen molar-refractivity contribution in [2.45, 2.75) is 12.1 Å². The van der Waals surface area contributed by atoms with Crippen molar-refractivity contribution in [2.24, 2.45) is 0 Å². The van der Waals surface area contributed by atoms with Gasteiger partial charge < -0.3 is 20.1 Å². The molecule has 5 nitrogen and oxygen atoms in total. The molecule has 0 aromatic heterocycles. The van der Waals surface area contributed by atoms with E-state index in [9.17, 15) is 9.18 Å². The molecule has 7 heteroatoms. The lowest BCUT2D eigenvalue weighted by Gasteiger charge is -2.26. The third-order valence-electron chi connectivity index (χ3n) is 3.98. The number of benzene rings is 2. The van der Waals surface area contributed by atoms with Crippen molar-refractivity contribution in [3.63, 3.8) is 0 Å². The Labute approximate surface area is 158 Å². The summed E-state index contributed by atoms with van der Waals surface area (Å²) in [6.45, 7) is 1.83. The van der Waals surface area contributed by atoms with Crippen molar-refractivity contribution in [3.05, 3.63) is 66.0 Å². The van der Waals surface area contributed by atoms with Gasteiger partial charge in [-0.2, -0.15) is 0 Å². The molecule has 1 saturated heterocycles. The molecule has 2 aromatic carbocycles. The van der Waals surface area contributed by atoms with Crippen molar-refractivity contribution in [1.82, 2.24) is 10.6 Å². The average molecular weight is 381 g/mol. The molecule has 1 fully saturated rings. The van der Waals surface area contributed by atoms with Crippen LogP contribution in [0.15, 0.2) is 54.6 Å². The lowest BCUT2D eigenvalue weighted by molar-refractivity contribution is -0.135. The second-order valence-corrected chi connectivity index (χ2v) is 5.78. The molecule has 1 aliphatic rings. The maximum atomic E-state index is 13.8. The fraction of sp³-hybridized carbons (Fsp3) is 0.316. The molecule has 2 N–H and O–H groups in total. The third kappa shape index (κ3) is 5.42. The number of nitrogens with one attached hydrogen (secondary N) is 2. The van der Waals surface area contributed by atoms with Gasteiger partial charge in [0.25, 0.3) is 5.91 Å². The van der Waals surface area contributed by atoms with Gasteiger partial charge in [-0.3, -0.25) is 4.79 Å². The maximum Gasteiger partial charge on any atom is 0.251 e. The van der Waals surface area contributed by atoms with Gasteiger partial charge >= 0.3 is 0 Å². The van der Waals surface area contributed by atoms with Crippen LogP contribution in [-0.2, 0) is 9.53 Å². The van der Waals surface area contributed by atoms with Gasteiger partial charge in [0, 0.05) is 13.1 Å². The van der Waals surface area contributed by atoms with Crippen LogP contribution in [0.5, 0.6) is 5.75 Å². The zero-order chi connectivity index (χ0) is 17.5. The van der Waals surface area contributed by atoms with E-state index in [0.29, 0.717) is 13.2 Å². The Bertz CT molecular complexity index is 696. The summed E-state index contributed by atoms with van der Waals surface area (Å²) in [6.07, 6.45) is -0.534. The van der Waals surface area contributed by atoms with Crippen LogP contribution < -0.4 is 15.4 Å². The molecule has 1 heterocycles. The molecule has 26 heavy (non-hydrogen) atoms. The number of para-hydroxylation sites is 1. The standard InChI is InChI=1S/C19H21FN2O3.ClH/c20-15-8-4-5-9-17(15)25-13-16(14-6-2-1-3-7-14)22-19(23)18-12-21-10-11-24-18;/h1-9,16,18,21H,10-13H2,(H,22,23);1H. The van der Waals surface area contributed by atoms with E-state index >= 15 is 0 Å². The molecule has 1 aliphatic heterocycles. The third-order valence-corrected chi connectivity index (χ3v) is 3.98. The highest BCUT2D eigenvalue weighted by Crippen LogP contribution is 2.19. The molecular formula is C19H22ClFN2O3. The van der Waals surface area contributed by atoms with E-state index in [1.54, 1.807) is 18.2 Å². The molecule has 3 rings (SSSR count). The normalized spacial score (nSPS) is 17.7. The van der Waals surface area contributed by atoms with Crippen LogP contribution in [0.4, 0.5) is 4.39 Å². The first-order valence-corrected chi connectivity index (χ1v) is 8.29. The van der Waals surface area contributed by atoms with Gasteiger partial charge in [0.05, 0.1) is 12.6 Å². The van der Waals surface area contributed by atoms with Gasteiger partial charge in [0.15, 0.2) is 11.6 Å². The Kier molecular flexibility index (Phi) is 7.84. The SMILES string of the molecule is Cl.O=C(NC(COc1ccccc1F)c1ccccc1)C1CNCCO1. The number of morpholine rings is 1. The van der Waals surface area contributed by atoms with E-state index < -0.39 is 18.0 Å². The Balaban J connectivity index is 0.00000243. The van der Waals surface area contributed by atoms with E-state index in [-0.39, 0.29) is 30.7 Å². The molecule has 2 atom stereocenters. The summed E-state index contributed by atoms with van der Waals surface area (Å²) in [7, 11) is 0. The van der Waals surface area contributed by atoms with Crippen LogP contribution in [0.3, 0.4) is 0 Å². The number of rotatable bonds is 6. The molecule has 2 unspecified atom stereocenters. The van der Waals surface area contributed by atoms with Gasteiger partial charge in [-0.15, -0.1) is 12.4 Å². The fourth-order valence-corrected chi connectivity index (χ4v) is 2.64. The second kappa shape index (κ2) is 10.1. The van der Waals surface area contributed by atoms with Gasteiger partial charge in [-0.1, -0.05) is 42.5 Å². The largest absolute Gasteiger partial charge is 0.488 e. The molecule has 2 aromatic rings. The highest BCUT2D eigenvalue weighted by Gasteiger charge is 2.25. The summed E-state index contributed by atoms with van der Waals surface area (Å²) < 4.78 is 24.8. The monoisotopic (exact) mass is 380 g/mol. The van der Waals surface area contributed by atoms with Gasteiger partial charge in [0.1, 0.15) is 12.7 Å². The van der Waals surface area contributed by atoms with Crippen molar-refractivity contribution in [1.29, 1.82) is 0 Å². The summed E-state index contributed by atoms with van der Waals surface area (Å²) in [6, 6.07) is 15.3. The quantitative estimate of drug-likeness (QED) is 0.808. The molecule has 0 bridgehead atoms. The van der Waals surface area contributed by atoms with Crippen LogP contribution in [0, 0.1) is 5.82 Å². The lowest BCUT2D eigenvalue weighted by atomic mass is 10.1. The summed E-state index contributed by atoms with van der Waals surface area (Å²) in [5.74, 6) is -0.480. The molecule has 0 saturated carbocycles. The smallest absolute Gasteiger partial charge is 0.251 e. The Morgan fingerprint density at radius 2 is 1.96 bits per heavy atom. The molecule has 1 amide bonds. The molecular weight excluding hydrogens is 359 g/mol. The first kappa shape index (κ1) is 20.2. The zero-order valence-electron chi connectivity index (χ0n) is 14.2. The Hall–Kier alpha value is -2.15. The first-order chi connectivity index (χ1) is 12.2. The number of hydrogen-bond acceptors (Lipinski definition) is 4. The van der Waals surface area contributed by atoms with E-state index in [2.05, 4.69) is 10.6 Å². The van der Waals surface area contributed by atoms with Crippen LogP contribution in [0.2, 0.25) is 0 Å². The number of ether oxygens (including phenoxy) is 2. The van der Waals surface area contributed by atoms with Crippen molar-refractivity contribution in [2.75, 3.05) is 26.3 Å². The van der Waals surface area contributed by atoms with Crippen molar-refractivity contribution in [3.8, 4) is 5.75 Å². The second-order valence-electron chi connectivity index (χ2n) is 5.78. The van der Waals surface area contributed by atoms with E-state index in [1.165, 1.54) is 6.07 Å². The summed E-state index contributed by atoms with van der Waals surface area (Å²) >= 11 is 0. The van der Waals surface area contributed by atoms with Crippen molar-refractivity contribution >= 4 is 18.3 Å². The molecule has 140 valence electrons. The number of halogens is 2. The number of carbonyl (C=O) groups excluding carboxylic acids is 1. The van der Waals surface area contributed by atoms with Crippen LogP contribution >= 0.6 is 12.4 Å². The molecule has 0 aliphatic carbocycles. The number of carbonyl (C=O) groups is 1. The molecule has 0 radical (unpaired) electrons. The highest BCUT2D eigenvalue weighted by molar-refractivity contribution is 5.85. The van der Waals surface area contributed by atoms with Crippen molar-refractivity contribution < 1.29 is 18.7 Å². The fourth-order valence-electron chi connectivity index (χ4n) is 2.64. The maximum absolute atomic E-state index is 13.8. The Morgan fingerprint density at radius 1 is 1.23 bits per heavy atom. The Morgan fingerprint density at radius 3 is 2.65 bits per heavy atom. The average Bonchev–Trinajstić information content (AvgIpc) is 2.67. The van der Waals surface area contributed by atoms with E-state index in [4.69, 9.17) is 9.47 Å². The summed E-state index contributed by atoms with van der Waals surface area (Å²) in [5, 5.41) is 6.07. The first-order valence-electron chi connectivity index (χ1n) is 8.29. The van der Waals surface area contributed by atoms with Gasteiger partial charge in [-0.05, 0) is 17.7 Å². The summed E-state index contributed by atoms with van der Waals surface area (Å²) in [5.41, 5.74) is 0.885. The minimum Gasteiger partial charge on any atom is -0.488 e. The molecule has 0 spiro atoms. The van der Waals surface area contributed by atoms with E-state index in [0.717, 1.165) is 12.1 Å². The topological polar surface area (TPSA) is 59.6 Å². The van der Waals surface area contributed by atoms with Crippen LogP contribution in [0.1, 0.15) is 11.6 Å². The lowest BCUT2D eigenvalue weighted by Crippen LogP contribution is -2.49. The van der Waals surface area contributed by atoms with Gasteiger partial charge in [0.2, 0.25) is 0 Å². The van der Waals surface area contributed by atoms with Crippen LogP contribution in [-0.4, -0.2) is 38.3 Å². The van der Waals surface area contributed by atoms with Gasteiger partial charge in [-0.25, -0.2) is 4.39 Å². The minimum atomic E-state index is -0.534. The minimum absolute atomic E-state index is 0. The number of hydrogen-bond donors (Lipinski definition) is 2. The summed E-state index contributed by atoms with van der Waals surface area (Å²) in [4.78, 5) is 12.5. The number of amides is 1. The van der Waals surface area contributed by atoms with Crippen LogP contribution in [0.25, 0.3) is 0 Å². The predicted molar refractivity (Wildman–Crippen MR) is 99.1 cm³/mol. The zero-order valence-corrected chi connectivity index (χ0v) is 15.0. The highest BCUT2D eigenvalue weighted by atomic mass is 35.5. The van der Waals surface area contributed by atoms with E-state index in [1.807, 2.05) is 30.3 Å².